The number of aromatic nitrogens is 1. The lowest BCUT2D eigenvalue weighted by atomic mass is 10.2. The Bertz CT molecular complexity index is 884. The molecule has 1 aliphatic heterocycles. The number of hydrogen-bond acceptors (Lipinski definition) is 3. The summed E-state index contributed by atoms with van der Waals surface area (Å²) < 4.78 is 0. The van der Waals surface area contributed by atoms with Crippen LogP contribution in [0.4, 0.5) is 0 Å². The van der Waals surface area contributed by atoms with E-state index in [4.69, 9.17) is 0 Å². The summed E-state index contributed by atoms with van der Waals surface area (Å²) in [5, 5.41) is 3.01. The van der Waals surface area contributed by atoms with E-state index in [0.717, 1.165) is 51.4 Å². The van der Waals surface area contributed by atoms with Gasteiger partial charge in [-0.25, -0.2) is 0 Å². The zero-order chi connectivity index (χ0) is 25.0. The average Bonchev–Trinajstić information content (AvgIpc) is 3.35. The van der Waals surface area contributed by atoms with E-state index in [1.807, 2.05) is 4.90 Å². The molecule has 0 aromatic carbocycles. The van der Waals surface area contributed by atoms with E-state index in [-0.39, 0.29) is 17.9 Å². The van der Waals surface area contributed by atoms with E-state index < -0.39 is 0 Å². The van der Waals surface area contributed by atoms with Gasteiger partial charge in [0, 0.05) is 37.9 Å². The van der Waals surface area contributed by atoms with Gasteiger partial charge in [-0.15, -0.1) is 0 Å². The maximum atomic E-state index is 12.5. The summed E-state index contributed by atoms with van der Waals surface area (Å²) in [4.78, 5) is 30.6. The molecular formula is C30H41N3O2. The number of allylic oxidation sites excluding steroid dienone is 10. The topological polar surface area (TPSA) is 62.3 Å². The number of hydrogen-bond donors (Lipinski definition) is 1. The van der Waals surface area contributed by atoms with Crippen LogP contribution in [0, 0.1) is 0 Å². The molecule has 0 spiro atoms. The van der Waals surface area contributed by atoms with Crippen molar-refractivity contribution in [1.82, 2.24) is 15.2 Å². The number of nitrogens with zero attached hydrogens (tertiary/aromatic N) is 2. The molecule has 5 heteroatoms. The Hall–Kier alpha value is -3.21. The summed E-state index contributed by atoms with van der Waals surface area (Å²) in [7, 11) is 0. The van der Waals surface area contributed by atoms with E-state index in [0.29, 0.717) is 25.1 Å². The lowest BCUT2D eigenvalue weighted by molar-refractivity contribution is -0.130. The fraction of sp³-hybridized carbons (Fsp3) is 0.433. The minimum atomic E-state index is -0.129. The van der Waals surface area contributed by atoms with Gasteiger partial charge in [-0.1, -0.05) is 67.7 Å². The molecule has 2 amide bonds. The van der Waals surface area contributed by atoms with Gasteiger partial charge in [0.25, 0.3) is 5.91 Å². The Morgan fingerprint density at radius 1 is 0.971 bits per heavy atom. The van der Waals surface area contributed by atoms with Crippen LogP contribution < -0.4 is 5.32 Å². The Morgan fingerprint density at radius 3 is 2.20 bits per heavy atom. The molecule has 0 unspecified atom stereocenters. The van der Waals surface area contributed by atoms with Crippen LogP contribution in [0.3, 0.4) is 0 Å². The molecule has 0 bridgehead atoms. The first-order valence-corrected chi connectivity index (χ1v) is 12.9. The van der Waals surface area contributed by atoms with E-state index in [1.165, 1.54) is 0 Å². The number of amides is 2. The maximum absolute atomic E-state index is 12.5. The normalized spacial score (nSPS) is 16.6. The first-order valence-electron chi connectivity index (χ1n) is 12.9. The Labute approximate surface area is 211 Å². The molecule has 1 aliphatic rings. The summed E-state index contributed by atoms with van der Waals surface area (Å²) in [5.41, 5.74) is 0.550. The average molecular weight is 476 g/mol. The highest BCUT2D eigenvalue weighted by atomic mass is 16.2. The largest absolute Gasteiger partial charge is 0.347 e. The van der Waals surface area contributed by atoms with Crippen molar-refractivity contribution in [3.05, 3.63) is 90.9 Å². The van der Waals surface area contributed by atoms with Gasteiger partial charge in [-0.2, -0.15) is 0 Å². The zero-order valence-electron chi connectivity index (χ0n) is 21.1. The van der Waals surface area contributed by atoms with Crippen molar-refractivity contribution in [1.29, 1.82) is 0 Å². The lowest BCUT2D eigenvalue weighted by Crippen LogP contribution is -2.38. The first kappa shape index (κ1) is 28.0. The molecule has 2 heterocycles. The number of nitrogens with one attached hydrogen (secondary N) is 1. The second-order valence-electron chi connectivity index (χ2n) is 8.64. The fourth-order valence-electron chi connectivity index (χ4n) is 3.77. The molecule has 35 heavy (non-hydrogen) atoms. The smallest absolute Gasteiger partial charge is 0.253 e. The number of pyridine rings is 1. The van der Waals surface area contributed by atoms with Gasteiger partial charge in [0.2, 0.25) is 5.91 Å². The summed E-state index contributed by atoms with van der Waals surface area (Å²) in [6.07, 6.45) is 33.2. The van der Waals surface area contributed by atoms with Gasteiger partial charge in [0.15, 0.2) is 0 Å². The quantitative estimate of drug-likeness (QED) is 0.238. The standard InChI is InChI=1S/C30H41N3O2/c1-2-3-4-5-6-7-8-9-10-11-12-13-14-15-16-17-18-21-29(34)33-24-22-28(26-33)32-30(35)27-20-19-23-31-25-27/h3-4,6-7,9-10,12-13,15-16,19-20,23,25,28H,2,5,8,11,14,17-18,21-22,24,26H2,1H3,(H,32,35)/b4-3-,7-6-,10-9-,13-12-,16-15-/t28-/m0/s1. The number of carbonyl (C=O) groups is 2. The summed E-state index contributed by atoms with van der Waals surface area (Å²) in [6, 6.07) is 3.50. The zero-order valence-corrected chi connectivity index (χ0v) is 21.1. The van der Waals surface area contributed by atoms with Gasteiger partial charge in [-0.3, -0.25) is 14.6 Å². The van der Waals surface area contributed by atoms with E-state index >= 15 is 0 Å². The Morgan fingerprint density at radius 2 is 1.60 bits per heavy atom. The molecule has 0 saturated carbocycles. The van der Waals surface area contributed by atoms with Crippen LogP contribution >= 0.6 is 0 Å². The molecule has 1 fully saturated rings. The van der Waals surface area contributed by atoms with E-state index in [1.54, 1.807) is 24.5 Å². The van der Waals surface area contributed by atoms with Gasteiger partial charge in [0.1, 0.15) is 0 Å². The number of unbranched alkanes of at least 4 members (excludes halogenated alkanes) is 1. The van der Waals surface area contributed by atoms with Crippen LogP contribution in [0.15, 0.2) is 85.3 Å². The minimum absolute atomic E-state index is 0.0117. The number of rotatable bonds is 15. The number of likely N-dealkylation sites (tertiary alicyclic amines) is 1. The van der Waals surface area contributed by atoms with Crippen molar-refractivity contribution in [3.63, 3.8) is 0 Å². The highest BCUT2D eigenvalue weighted by Gasteiger charge is 2.27. The number of carbonyl (C=O) groups excluding carboxylic acids is 2. The molecule has 188 valence electrons. The molecule has 1 aromatic rings. The maximum Gasteiger partial charge on any atom is 0.253 e. The van der Waals surface area contributed by atoms with Gasteiger partial charge < -0.3 is 10.2 Å². The predicted molar refractivity (Wildman–Crippen MR) is 145 cm³/mol. The summed E-state index contributed by atoms with van der Waals surface area (Å²) >= 11 is 0. The predicted octanol–water partition coefficient (Wildman–Crippen LogP) is 6.33. The molecule has 5 nitrogen and oxygen atoms in total. The Kier molecular flexibility index (Phi) is 14.5. The van der Waals surface area contributed by atoms with Crippen LogP contribution in [0.2, 0.25) is 0 Å². The second kappa shape index (κ2) is 18.2. The highest BCUT2D eigenvalue weighted by molar-refractivity contribution is 5.94. The molecule has 0 aliphatic carbocycles. The van der Waals surface area contributed by atoms with Crippen molar-refractivity contribution >= 4 is 11.8 Å². The van der Waals surface area contributed by atoms with Crippen LogP contribution in [0.5, 0.6) is 0 Å². The molecule has 0 radical (unpaired) electrons. The second-order valence-corrected chi connectivity index (χ2v) is 8.64. The van der Waals surface area contributed by atoms with Crippen LogP contribution in [0.25, 0.3) is 0 Å². The van der Waals surface area contributed by atoms with E-state index in [9.17, 15) is 9.59 Å². The summed E-state index contributed by atoms with van der Waals surface area (Å²) in [6.45, 7) is 3.45. The Balaban J connectivity index is 1.48. The van der Waals surface area contributed by atoms with Crippen molar-refractivity contribution < 1.29 is 9.59 Å². The van der Waals surface area contributed by atoms with Crippen molar-refractivity contribution in [2.75, 3.05) is 13.1 Å². The van der Waals surface area contributed by atoms with E-state index in [2.05, 4.69) is 78.0 Å². The summed E-state index contributed by atoms with van der Waals surface area (Å²) in [5.74, 6) is 0.0475. The molecule has 1 N–H and O–H groups in total. The van der Waals surface area contributed by atoms with Crippen molar-refractivity contribution in [3.8, 4) is 0 Å². The molecule has 1 saturated heterocycles. The fourth-order valence-corrected chi connectivity index (χ4v) is 3.77. The monoisotopic (exact) mass is 475 g/mol. The molecule has 1 atom stereocenters. The SMILES string of the molecule is CC/C=C\C/C=C\C/C=C\C/C=C\C/C=C\CCCC(=O)N1CC[C@H](NC(=O)c2cccnc2)C1. The minimum Gasteiger partial charge on any atom is -0.347 e. The van der Waals surface area contributed by atoms with Crippen LogP contribution in [-0.4, -0.2) is 40.8 Å². The van der Waals surface area contributed by atoms with Crippen molar-refractivity contribution in [2.45, 2.75) is 70.8 Å². The third-order valence-electron chi connectivity index (χ3n) is 5.72. The third-order valence-corrected chi connectivity index (χ3v) is 5.72. The highest BCUT2D eigenvalue weighted by Crippen LogP contribution is 2.13. The lowest BCUT2D eigenvalue weighted by Gasteiger charge is -2.17. The molecule has 2 rings (SSSR count). The van der Waals surface area contributed by atoms with Gasteiger partial charge >= 0.3 is 0 Å². The third kappa shape index (κ3) is 12.7. The molecular weight excluding hydrogens is 434 g/mol. The van der Waals surface area contributed by atoms with Crippen LogP contribution in [0.1, 0.15) is 75.1 Å². The first-order chi connectivity index (χ1) is 17.2. The van der Waals surface area contributed by atoms with Gasteiger partial charge in [0.05, 0.1) is 5.56 Å². The van der Waals surface area contributed by atoms with Crippen molar-refractivity contribution in [2.24, 2.45) is 0 Å². The van der Waals surface area contributed by atoms with Crippen LogP contribution in [-0.2, 0) is 4.79 Å². The molecule has 1 aromatic heterocycles. The van der Waals surface area contributed by atoms with Gasteiger partial charge in [-0.05, 0) is 63.5 Å².